The zero-order valence-electron chi connectivity index (χ0n) is 11.6. The zero-order chi connectivity index (χ0) is 13.3. The van der Waals surface area contributed by atoms with E-state index in [1.165, 1.54) is 19.3 Å². The third-order valence-electron chi connectivity index (χ3n) is 5.08. The van der Waals surface area contributed by atoms with Gasteiger partial charge in [-0.3, -0.25) is 9.69 Å². The average Bonchev–Trinajstić information content (AvgIpc) is 2.81. The van der Waals surface area contributed by atoms with E-state index in [4.69, 9.17) is 4.74 Å². The minimum atomic E-state index is -0.721. The van der Waals surface area contributed by atoms with Gasteiger partial charge in [0, 0.05) is 12.1 Å². The van der Waals surface area contributed by atoms with Gasteiger partial charge in [-0.05, 0) is 25.3 Å². The molecule has 4 heteroatoms. The van der Waals surface area contributed by atoms with Gasteiger partial charge < -0.3 is 9.84 Å². The Balaban J connectivity index is 2.05. The fourth-order valence-corrected chi connectivity index (χ4v) is 3.55. The summed E-state index contributed by atoms with van der Waals surface area (Å²) in [6.45, 7) is 5.53. The Morgan fingerprint density at radius 2 is 1.94 bits per heavy atom. The minimum Gasteiger partial charge on any atom is -0.481 e. The molecule has 2 rings (SSSR count). The van der Waals surface area contributed by atoms with Crippen LogP contribution in [-0.2, 0) is 9.53 Å². The van der Waals surface area contributed by atoms with Gasteiger partial charge in [0.1, 0.15) is 0 Å². The van der Waals surface area contributed by atoms with E-state index in [0.29, 0.717) is 25.2 Å². The normalized spacial score (nSPS) is 41.2. The summed E-state index contributed by atoms with van der Waals surface area (Å²) in [5.41, 5.74) is 0. The number of aliphatic carboxylic acids is 1. The molecule has 0 bridgehead atoms. The van der Waals surface area contributed by atoms with E-state index in [1.54, 1.807) is 0 Å². The van der Waals surface area contributed by atoms with Crippen LogP contribution >= 0.6 is 0 Å². The summed E-state index contributed by atoms with van der Waals surface area (Å²) in [6.07, 6.45) is 3.74. The first kappa shape index (κ1) is 13.8. The second kappa shape index (κ2) is 5.57. The topological polar surface area (TPSA) is 49.8 Å². The number of rotatable bonds is 3. The van der Waals surface area contributed by atoms with Crippen LogP contribution in [0.25, 0.3) is 0 Å². The van der Waals surface area contributed by atoms with Crippen molar-refractivity contribution in [2.75, 3.05) is 20.3 Å². The lowest BCUT2D eigenvalue weighted by molar-refractivity contribution is -0.143. The summed E-state index contributed by atoms with van der Waals surface area (Å²) in [5.74, 6) is 0.288. The van der Waals surface area contributed by atoms with E-state index in [2.05, 4.69) is 25.8 Å². The zero-order valence-corrected chi connectivity index (χ0v) is 11.6. The summed E-state index contributed by atoms with van der Waals surface area (Å²) in [7, 11) is 2.08. The standard InChI is InChI=1S/C14H25NO3/c1-9-5-4-6-12(10(9)2)15(3)13-8-18-7-11(13)14(16)17/h9-13H,4-8H2,1-3H3,(H,16,17). The molecule has 1 aliphatic carbocycles. The number of carboxylic acid groups (broad SMARTS) is 1. The quantitative estimate of drug-likeness (QED) is 0.836. The molecule has 5 unspecified atom stereocenters. The SMILES string of the molecule is CC1CCCC(N(C)C2COCC2C(=O)O)C1C. The molecule has 0 aromatic rings. The van der Waals surface area contributed by atoms with Gasteiger partial charge in [-0.15, -0.1) is 0 Å². The summed E-state index contributed by atoms with van der Waals surface area (Å²) in [5, 5.41) is 9.24. The van der Waals surface area contributed by atoms with Crippen molar-refractivity contribution >= 4 is 5.97 Å². The second-order valence-corrected chi connectivity index (χ2v) is 6.05. The molecule has 1 N–H and O–H groups in total. The molecule has 0 spiro atoms. The number of likely N-dealkylation sites (N-methyl/N-ethyl adjacent to an activating group) is 1. The Morgan fingerprint density at radius 1 is 1.22 bits per heavy atom. The molecule has 1 saturated heterocycles. The van der Waals surface area contributed by atoms with Gasteiger partial charge in [0.25, 0.3) is 0 Å². The predicted octanol–water partition coefficient (Wildman–Crippen LogP) is 1.84. The van der Waals surface area contributed by atoms with Crippen LogP contribution in [0, 0.1) is 17.8 Å². The molecule has 18 heavy (non-hydrogen) atoms. The second-order valence-electron chi connectivity index (χ2n) is 6.05. The van der Waals surface area contributed by atoms with Gasteiger partial charge in [0.2, 0.25) is 0 Å². The Morgan fingerprint density at radius 3 is 2.61 bits per heavy atom. The molecule has 0 aromatic carbocycles. The molecule has 104 valence electrons. The number of hydrogen-bond donors (Lipinski definition) is 1. The van der Waals surface area contributed by atoms with Crippen LogP contribution < -0.4 is 0 Å². The predicted molar refractivity (Wildman–Crippen MR) is 69.5 cm³/mol. The first-order valence-electron chi connectivity index (χ1n) is 7.05. The van der Waals surface area contributed by atoms with Crippen molar-refractivity contribution in [3.8, 4) is 0 Å². The van der Waals surface area contributed by atoms with Crippen LogP contribution in [0.3, 0.4) is 0 Å². The lowest BCUT2D eigenvalue weighted by Crippen LogP contribution is -2.50. The smallest absolute Gasteiger partial charge is 0.310 e. The maximum Gasteiger partial charge on any atom is 0.310 e. The third kappa shape index (κ3) is 2.54. The first-order valence-corrected chi connectivity index (χ1v) is 7.05. The summed E-state index contributed by atoms with van der Waals surface area (Å²) in [6, 6.07) is 0.544. The lowest BCUT2D eigenvalue weighted by atomic mass is 9.77. The van der Waals surface area contributed by atoms with Crippen LogP contribution in [0.5, 0.6) is 0 Å². The highest BCUT2D eigenvalue weighted by atomic mass is 16.5. The largest absolute Gasteiger partial charge is 0.481 e. The van der Waals surface area contributed by atoms with E-state index in [-0.39, 0.29) is 12.0 Å². The summed E-state index contributed by atoms with van der Waals surface area (Å²) in [4.78, 5) is 13.5. The van der Waals surface area contributed by atoms with Gasteiger partial charge in [0.15, 0.2) is 0 Å². The van der Waals surface area contributed by atoms with Crippen LogP contribution in [-0.4, -0.2) is 48.3 Å². The molecule has 1 saturated carbocycles. The van der Waals surface area contributed by atoms with Crippen LogP contribution in [0.1, 0.15) is 33.1 Å². The molecule has 0 aromatic heterocycles. The number of carbonyl (C=O) groups is 1. The van der Waals surface area contributed by atoms with Crippen molar-refractivity contribution in [3.05, 3.63) is 0 Å². The molecule has 2 fully saturated rings. The molecule has 0 radical (unpaired) electrons. The molecule has 4 nitrogen and oxygen atoms in total. The van der Waals surface area contributed by atoms with Crippen molar-refractivity contribution in [1.82, 2.24) is 4.90 Å². The molecule has 1 aliphatic heterocycles. The molecule has 5 atom stereocenters. The van der Waals surface area contributed by atoms with Crippen LogP contribution in [0.15, 0.2) is 0 Å². The maximum atomic E-state index is 11.2. The van der Waals surface area contributed by atoms with Gasteiger partial charge >= 0.3 is 5.97 Å². The number of ether oxygens (including phenoxy) is 1. The number of nitrogens with zero attached hydrogens (tertiary/aromatic N) is 1. The fraction of sp³-hybridized carbons (Fsp3) is 0.929. The summed E-state index contributed by atoms with van der Waals surface area (Å²) < 4.78 is 5.38. The average molecular weight is 255 g/mol. The van der Waals surface area contributed by atoms with E-state index < -0.39 is 5.97 Å². The van der Waals surface area contributed by atoms with Crippen molar-refractivity contribution in [2.45, 2.75) is 45.2 Å². The maximum absolute atomic E-state index is 11.2. The highest BCUT2D eigenvalue weighted by Crippen LogP contribution is 2.34. The Labute approximate surface area is 109 Å². The Hall–Kier alpha value is -0.610. The van der Waals surface area contributed by atoms with E-state index in [9.17, 15) is 9.90 Å². The van der Waals surface area contributed by atoms with Crippen molar-refractivity contribution in [3.63, 3.8) is 0 Å². The van der Waals surface area contributed by atoms with E-state index in [0.717, 1.165) is 5.92 Å². The number of carboxylic acids is 1. The van der Waals surface area contributed by atoms with Crippen molar-refractivity contribution in [1.29, 1.82) is 0 Å². The Kier molecular flexibility index (Phi) is 4.28. The van der Waals surface area contributed by atoms with E-state index >= 15 is 0 Å². The van der Waals surface area contributed by atoms with Gasteiger partial charge in [-0.25, -0.2) is 0 Å². The summed E-state index contributed by atoms with van der Waals surface area (Å²) >= 11 is 0. The molecule has 2 aliphatic rings. The fourth-order valence-electron chi connectivity index (χ4n) is 3.55. The Bertz CT molecular complexity index is 307. The number of hydrogen-bond acceptors (Lipinski definition) is 3. The first-order chi connectivity index (χ1) is 8.52. The monoisotopic (exact) mass is 255 g/mol. The highest BCUT2D eigenvalue weighted by Gasteiger charge is 2.41. The molecule has 1 heterocycles. The van der Waals surface area contributed by atoms with Crippen LogP contribution in [0.2, 0.25) is 0 Å². The van der Waals surface area contributed by atoms with Crippen molar-refractivity contribution < 1.29 is 14.6 Å². The van der Waals surface area contributed by atoms with Gasteiger partial charge in [0.05, 0.1) is 19.1 Å². The minimum absolute atomic E-state index is 0.0419. The third-order valence-corrected chi connectivity index (χ3v) is 5.08. The highest BCUT2D eigenvalue weighted by molar-refractivity contribution is 5.71. The molecular weight excluding hydrogens is 230 g/mol. The van der Waals surface area contributed by atoms with Gasteiger partial charge in [-0.2, -0.15) is 0 Å². The van der Waals surface area contributed by atoms with E-state index in [1.807, 2.05) is 0 Å². The molecule has 0 amide bonds. The van der Waals surface area contributed by atoms with Crippen molar-refractivity contribution in [2.24, 2.45) is 17.8 Å². The molecular formula is C14H25NO3. The van der Waals surface area contributed by atoms with Gasteiger partial charge in [-0.1, -0.05) is 26.7 Å². The van der Waals surface area contributed by atoms with Crippen LogP contribution in [0.4, 0.5) is 0 Å². The lowest BCUT2D eigenvalue weighted by Gasteiger charge is -2.42.